The number of benzene rings is 1. The molecule has 0 aliphatic carbocycles. The van der Waals surface area contributed by atoms with Gasteiger partial charge in [-0.15, -0.1) is 0 Å². The fourth-order valence-corrected chi connectivity index (χ4v) is 4.82. The molecule has 146 valence electrons. The molecule has 6 nitrogen and oxygen atoms in total. The molecule has 1 aromatic rings. The highest BCUT2D eigenvalue weighted by molar-refractivity contribution is 7.89. The van der Waals surface area contributed by atoms with E-state index in [-0.39, 0.29) is 17.3 Å². The van der Waals surface area contributed by atoms with Gasteiger partial charge in [-0.25, -0.2) is 13.1 Å². The van der Waals surface area contributed by atoms with E-state index in [1.807, 2.05) is 0 Å². The second-order valence-electron chi connectivity index (χ2n) is 7.97. The minimum Gasteiger partial charge on any atom is -0.352 e. The third-order valence-corrected chi connectivity index (χ3v) is 6.28. The van der Waals surface area contributed by atoms with E-state index in [9.17, 15) is 13.2 Å². The number of nitrogens with one attached hydrogen (secondary N) is 3. The molecular weight excluding hydrogens is 350 g/mol. The van der Waals surface area contributed by atoms with E-state index in [0.29, 0.717) is 17.9 Å². The van der Waals surface area contributed by atoms with Crippen LogP contribution in [0.4, 0.5) is 0 Å². The highest BCUT2D eigenvalue weighted by Crippen LogP contribution is 2.19. The summed E-state index contributed by atoms with van der Waals surface area (Å²) in [5.41, 5.74) is 0.0313. The van der Waals surface area contributed by atoms with Gasteiger partial charge < -0.3 is 10.6 Å². The van der Waals surface area contributed by atoms with Crippen molar-refractivity contribution in [2.45, 2.75) is 63.4 Å². The summed E-state index contributed by atoms with van der Waals surface area (Å²) in [6.45, 7) is 7.67. The van der Waals surface area contributed by atoms with E-state index in [2.05, 4.69) is 15.4 Å². The van der Waals surface area contributed by atoms with Gasteiger partial charge in [0, 0.05) is 18.5 Å². The Morgan fingerprint density at radius 2 is 1.85 bits per heavy atom. The number of hydrogen-bond donors (Lipinski definition) is 3. The van der Waals surface area contributed by atoms with Crippen molar-refractivity contribution in [2.75, 3.05) is 13.1 Å². The standard InChI is InChI=1S/C19H31N3O3S/c1-19(2,3)22-26(24,25)17-7-5-4-6-16(17)14-21-18(23)9-8-15-10-12-20-13-11-15/h4-7,15,20,22H,8-14H2,1-3H3,(H,21,23). The van der Waals surface area contributed by atoms with Gasteiger partial charge in [0.05, 0.1) is 4.90 Å². The molecule has 1 fully saturated rings. The summed E-state index contributed by atoms with van der Waals surface area (Å²) in [4.78, 5) is 12.4. The second-order valence-corrected chi connectivity index (χ2v) is 9.62. The molecule has 0 bridgehead atoms. The number of rotatable bonds is 7. The van der Waals surface area contributed by atoms with Gasteiger partial charge in [-0.2, -0.15) is 0 Å². The smallest absolute Gasteiger partial charge is 0.241 e. The summed E-state index contributed by atoms with van der Waals surface area (Å²) in [5, 5.41) is 6.19. The number of sulfonamides is 1. The van der Waals surface area contributed by atoms with Crippen molar-refractivity contribution < 1.29 is 13.2 Å². The number of piperidine rings is 1. The van der Waals surface area contributed by atoms with Crippen LogP contribution < -0.4 is 15.4 Å². The lowest BCUT2D eigenvalue weighted by Gasteiger charge is -2.22. The fraction of sp³-hybridized carbons (Fsp3) is 0.632. The Balaban J connectivity index is 1.94. The van der Waals surface area contributed by atoms with E-state index < -0.39 is 15.6 Å². The summed E-state index contributed by atoms with van der Waals surface area (Å²) < 4.78 is 27.9. The summed E-state index contributed by atoms with van der Waals surface area (Å²) in [7, 11) is -3.63. The summed E-state index contributed by atoms with van der Waals surface area (Å²) in [6, 6.07) is 6.79. The summed E-state index contributed by atoms with van der Waals surface area (Å²) in [5.74, 6) is 0.574. The molecule has 1 heterocycles. The van der Waals surface area contributed by atoms with Crippen molar-refractivity contribution in [1.82, 2.24) is 15.4 Å². The van der Waals surface area contributed by atoms with Crippen LogP contribution >= 0.6 is 0 Å². The van der Waals surface area contributed by atoms with E-state index in [1.54, 1.807) is 45.0 Å². The number of carbonyl (C=O) groups excluding carboxylic acids is 1. The first-order valence-corrected chi connectivity index (χ1v) is 10.7. The maximum absolute atomic E-state index is 12.6. The first kappa shape index (κ1) is 20.9. The molecule has 1 aromatic carbocycles. The van der Waals surface area contributed by atoms with Crippen molar-refractivity contribution >= 4 is 15.9 Å². The predicted octanol–water partition coefficient (Wildman–Crippen LogP) is 2.16. The van der Waals surface area contributed by atoms with Gasteiger partial charge >= 0.3 is 0 Å². The van der Waals surface area contributed by atoms with Crippen LogP contribution in [0.2, 0.25) is 0 Å². The Hall–Kier alpha value is -1.44. The van der Waals surface area contributed by atoms with Crippen molar-refractivity contribution in [2.24, 2.45) is 5.92 Å². The monoisotopic (exact) mass is 381 g/mol. The Bertz CT molecular complexity index is 705. The number of hydrogen-bond acceptors (Lipinski definition) is 4. The van der Waals surface area contributed by atoms with Crippen LogP contribution in [0.25, 0.3) is 0 Å². The first-order valence-electron chi connectivity index (χ1n) is 9.27. The molecule has 0 radical (unpaired) electrons. The topological polar surface area (TPSA) is 87.3 Å². The Morgan fingerprint density at radius 1 is 1.19 bits per heavy atom. The lowest BCUT2D eigenvalue weighted by molar-refractivity contribution is -0.121. The molecule has 1 amide bonds. The zero-order chi connectivity index (χ0) is 19.2. The second kappa shape index (κ2) is 8.97. The quantitative estimate of drug-likeness (QED) is 0.675. The predicted molar refractivity (Wildman–Crippen MR) is 103 cm³/mol. The average molecular weight is 382 g/mol. The van der Waals surface area contributed by atoms with Crippen LogP contribution in [0, 0.1) is 5.92 Å². The van der Waals surface area contributed by atoms with Gasteiger partial charge in [-0.3, -0.25) is 4.79 Å². The molecule has 0 atom stereocenters. The fourth-order valence-electron chi connectivity index (χ4n) is 3.16. The Kier molecular flexibility index (Phi) is 7.20. The van der Waals surface area contributed by atoms with Crippen LogP contribution in [-0.2, 0) is 21.4 Å². The van der Waals surface area contributed by atoms with Gasteiger partial charge in [-0.05, 0) is 70.7 Å². The molecule has 3 N–H and O–H groups in total. The molecule has 0 unspecified atom stereocenters. The molecule has 0 spiro atoms. The molecular formula is C19H31N3O3S. The van der Waals surface area contributed by atoms with E-state index in [4.69, 9.17) is 0 Å². The molecule has 0 aromatic heterocycles. The maximum atomic E-state index is 12.6. The Morgan fingerprint density at radius 3 is 2.50 bits per heavy atom. The minimum absolute atomic E-state index is 0.0282. The van der Waals surface area contributed by atoms with Gasteiger partial charge in [0.15, 0.2) is 0 Å². The lowest BCUT2D eigenvalue weighted by atomic mass is 9.93. The Labute approximate surface area is 157 Å². The lowest BCUT2D eigenvalue weighted by Crippen LogP contribution is -2.41. The number of amides is 1. The molecule has 26 heavy (non-hydrogen) atoms. The molecule has 1 saturated heterocycles. The van der Waals surface area contributed by atoms with Crippen LogP contribution in [0.5, 0.6) is 0 Å². The first-order chi connectivity index (χ1) is 12.2. The van der Waals surface area contributed by atoms with Gasteiger partial charge in [0.1, 0.15) is 0 Å². The third kappa shape index (κ3) is 6.70. The number of carbonyl (C=O) groups is 1. The maximum Gasteiger partial charge on any atom is 0.241 e. The molecule has 1 aliphatic rings. The molecule has 7 heteroatoms. The van der Waals surface area contributed by atoms with Gasteiger partial charge in [0.25, 0.3) is 0 Å². The zero-order valence-corrected chi connectivity index (χ0v) is 16.8. The average Bonchev–Trinajstić information content (AvgIpc) is 2.57. The molecule has 1 aliphatic heterocycles. The van der Waals surface area contributed by atoms with Crippen molar-refractivity contribution in [3.05, 3.63) is 29.8 Å². The largest absolute Gasteiger partial charge is 0.352 e. The highest BCUT2D eigenvalue weighted by Gasteiger charge is 2.24. The van der Waals surface area contributed by atoms with Crippen LogP contribution in [0.3, 0.4) is 0 Å². The molecule has 2 rings (SSSR count). The summed E-state index contributed by atoms with van der Waals surface area (Å²) >= 11 is 0. The molecule has 0 saturated carbocycles. The van der Waals surface area contributed by atoms with Gasteiger partial charge in [0.2, 0.25) is 15.9 Å². The summed E-state index contributed by atoms with van der Waals surface area (Å²) in [6.07, 6.45) is 3.61. The van der Waals surface area contributed by atoms with Gasteiger partial charge in [-0.1, -0.05) is 18.2 Å². The highest BCUT2D eigenvalue weighted by atomic mass is 32.2. The van der Waals surface area contributed by atoms with Crippen molar-refractivity contribution in [3.63, 3.8) is 0 Å². The van der Waals surface area contributed by atoms with Crippen LogP contribution in [0.15, 0.2) is 29.2 Å². The zero-order valence-electron chi connectivity index (χ0n) is 16.0. The van der Waals surface area contributed by atoms with E-state index >= 15 is 0 Å². The SMILES string of the molecule is CC(C)(C)NS(=O)(=O)c1ccccc1CNC(=O)CCC1CCNCC1. The third-order valence-electron chi connectivity index (χ3n) is 4.42. The van der Waals surface area contributed by atoms with Crippen molar-refractivity contribution in [1.29, 1.82) is 0 Å². The van der Waals surface area contributed by atoms with E-state index in [0.717, 1.165) is 32.4 Å². The minimum atomic E-state index is -3.63. The van der Waals surface area contributed by atoms with Crippen molar-refractivity contribution in [3.8, 4) is 0 Å². The van der Waals surface area contributed by atoms with Crippen LogP contribution in [0.1, 0.15) is 52.0 Å². The van der Waals surface area contributed by atoms with Crippen LogP contribution in [-0.4, -0.2) is 33.0 Å². The normalized spacial score (nSPS) is 16.4. The van der Waals surface area contributed by atoms with E-state index in [1.165, 1.54) is 0 Å².